The highest BCUT2D eigenvalue weighted by molar-refractivity contribution is 9.10. The van der Waals surface area contributed by atoms with Crippen molar-refractivity contribution in [2.75, 3.05) is 10.0 Å². The fourth-order valence-corrected chi connectivity index (χ4v) is 4.32. The van der Waals surface area contributed by atoms with E-state index in [0.717, 1.165) is 4.47 Å². The zero-order chi connectivity index (χ0) is 21.9. The highest BCUT2D eigenvalue weighted by Crippen LogP contribution is 2.23. The Bertz CT molecular complexity index is 1220. The molecule has 9 heteroatoms. The molecule has 0 fully saturated rings. The van der Waals surface area contributed by atoms with Gasteiger partial charge in [0, 0.05) is 21.3 Å². The van der Waals surface area contributed by atoms with Gasteiger partial charge in [-0.3, -0.25) is 9.52 Å². The second kappa shape index (κ2) is 8.68. The maximum Gasteiger partial charge on any atom is 0.262 e. The van der Waals surface area contributed by atoms with Crippen LogP contribution in [0.4, 0.5) is 11.4 Å². The molecule has 1 amide bonds. The number of anilines is 2. The summed E-state index contributed by atoms with van der Waals surface area (Å²) in [7, 11) is -3.96. The Labute approximate surface area is 181 Å². The van der Waals surface area contributed by atoms with Gasteiger partial charge in [-0.1, -0.05) is 40.2 Å². The maximum atomic E-state index is 12.8. The number of benzene rings is 3. The number of para-hydroxylation sites is 1. The summed E-state index contributed by atoms with van der Waals surface area (Å²) in [5, 5.41) is 13.7. The number of carboxylic acids is 1. The van der Waals surface area contributed by atoms with E-state index < -0.39 is 21.9 Å². The van der Waals surface area contributed by atoms with Crippen LogP contribution >= 0.6 is 15.9 Å². The van der Waals surface area contributed by atoms with Crippen molar-refractivity contribution < 1.29 is 23.1 Å². The van der Waals surface area contributed by atoms with E-state index in [4.69, 9.17) is 0 Å². The monoisotopic (exact) mass is 487 g/mol. The van der Waals surface area contributed by atoms with Gasteiger partial charge in [0.1, 0.15) is 0 Å². The van der Waals surface area contributed by atoms with Crippen LogP contribution in [-0.2, 0) is 10.0 Å². The topological polar surface area (TPSA) is 115 Å². The number of halogens is 1. The lowest BCUT2D eigenvalue weighted by Gasteiger charge is -2.14. The van der Waals surface area contributed by atoms with Crippen LogP contribution in [0.15, 0.2) is 76.1 Å². The second-order valence-electron chi connectivity index (χ2n) is 6.38. The van der Waals surface area contributed by atoms with Crippen LogP contribution in [0.1, 0.15) is 26.3 Å². The van der Waals surface area contributed by atoms with Crippen molar-refractivity contribution in [1.29, 1.82) is 0 Å². The molecule has 3 rings (SSSR count). The first kappa shape index (κ1) is 21.5. The molecule has 0 bridgehead atoms. The van der Waals surface area contributed by atoms with Crippen molar-refractivity contribution >= 4 is 49.2 Å². The fourth-order valence-electron chi connectivity index (χ4n) is 2.72. The average molecular weight is 488 g/mol. The van der Waals surface area contributed by atoms with Crippen molar-refractivity contribution in [3.05, 3.63) is 87.9 Å². The molecule has 0 aromatic heterocycles. The van der Waals surface area contributed by atoms with Crippen LogP contribution < -0.4 is 15.1 Å². The molecule has 7 nitrogen and oxygen atoms in total. The molecule has 154 valence electrons. The quantitative estimate of drug-likeness (QED) is 0.553. The lowest BCUT2D eigenvalue weighted by atomic mass is 10.1. The van der Waals surface area contributed by atoms with Gasteiger partial charge in [-0.2, -0.15) is 0 Å². The first-order chi connectivity index (χ1) is 14.2. The number of rotatable bonds is 6. The number of hydrogen-bond donors (Lipinski definition) is 2. The lowest BCUT2D eigenvalue weighted by Crippen LogP contribution is -2.25. The minimum atomic E-state index is -3.96. The van der Waals surface area contributed by atoms with Crippen LogP contribution in [0.5, 0.6) is 0 Å². The third kappa shape index (κ3) is 4.87. The number of aryl methyl sites for hydroxylation is 1. The van der Waals surface area contributed by atoms with Crippen LogP contribution in [0.3, 0.4) is 0 Å². The third-order valence-electron chi connectivity index (χ3n) is 4.23. The molecule has 0 saturated carbocycles. The number of carboxylic acid groups (broad SMARTS) is 1. The molecule has 0 heterocycles. The van der Waals surface area contributed by atoms with E-state index in [1.807, 2.05) is 0 Å². The van der Waals surface area contributed by atoms with Gasteiger partial charge in [0.2, 0.25) is 0 Å². The van der Waals surface area contributed by atoms with Crippen LogP contribution in [-0.4, -0.2) is 20.3 Å². The first-order valence-electron chi connectivity index (χ1n) is 8.68. The van der Waals surface area contributed by atoms with Crippen LogP contribution in [0.25, 0.3) is 0 Å². The van der Waals surface area contributed by atoms with Gasteiger partial charge in [-0.05, 0) is 55.0 Å². The molecule has 2 N–H and O–H groups in total. The Morgan fingerprint density at radius 1 is 0.967 bits per heavy atom. The Morgan fingerprint density at radius 2 is 1.63 bits per heavy atom. The van der Waals surface area contributed by atoms with E-state index in [2.05, 4.69) is 26.0 Å². The number of hydrogen-bond acceptors (Lipinski definition) is 5. The molecule has 0 unspecified atom stereocenters. The largest absolute Gasteiger partial charge is 0.545 e. The van der Waals surface area contributed by atoms with Crippen molar-refractivity contribution in [1.82, 2.24) is 0 Å². The summed E-state index contributed by atoms with van der Waals surface area (Å²) in [6, 6.07) is 16.6. The third-order valence-corrected chi connectivity index (χ3v) is 6.28. The van der Waals surface area contributed by atoms with Gasteiger partial charge in [-0.25, -0.2) is 8.42 Å². The van der Waals surface area contributed by atoms with E-state index in [9.17, 15) is 23.1 Å². The molecule has 30 heavy (non-hydrogen) atoms. The number of sulfonamides is 1. The normalized spacial score (nSPS) is 11.0. The summed E-state index contributed by atoms with van der Waals surface area (Å²) in [6.07, 6.45) is 0. The smallest absolute Gasteiger partial charge is 0.262 e. The molecule has 3 aromatic rings. The molecule has 3 aromatic carbocycles. The van der Waals surface area contributed by atoms with Crippen molar-refractivity contribution in [3.8, 4) is 0 Å². The minimum absolute atomic E-state index is 0.0560. The SMILES string of the molecule is Cc1ccc(C(=O)Nc2ccccc2C(=O)[O-])cc1S(=O)(=O)Nc1ccc(Br)cc1. The predicted octanol–water partition coefficient (Wildman–Crippen LogP) is 3.17. The molecule has 0 radical (unpaired) electrons. The van der Waals surface area contributed by atoms with E-state index in [-0.39, 0.29) is 21.7 Å². The van der Waals surface area contributed by atoms with Crippen LogP contribution in [0, 0.1) is 6.92 Å². The highest BCUT2D eigenvalue weighted by atomic mass is 79.9. The Kier molecular flexibility index (Phi) is 6.23. The zero-order valence-corrected chi connectivity index (χ0v) is 18.1. The van der Waals surface area contributed by atoms with Crippen molar-refractivity contribution in [2.45, 2.75) is 11.8 Å². The minimum Gasteiger partial charge on any atom is -0.545 e. The molecule has 0 spiro atoms. The summed E-state index contributed by atoms with van der Waals surface area (Å²) >= 11 is 3.29. The second-order valence-corrected chi connectivity index (χ2v) is 8.95. The van der Waals surface area contributed by atoms with Crippen molar-refractivity contribution in [3.63, 3.8) is 0 Å². The number of nitrogens with one attached hydrogen (secondary N) is 2. The van der Waals surface area contributed by atoms with Gasteiger partial charge in [-0.15, -0.1) is 0 Å². The van der Waals surface area contributed by atoms with Gasteiger partial charge in [0.25, 0.3) is 15.9 Å². The zero-order valence-electron chi connectivity index (χ0n) is 15.7. The number of aromatic carboxylic acids is 1. The number of amides is 1. The molecular formula is C21H16BrN2O5S-. The standard InChI is InChI=1S/C21H17BrN2O5S/c1-13-6-7-14(20(25)23-18-5-3-2-4-17(18)21(26)27)12-19(13)30(28,29)24-16-10-8-15(22)9-11-16/h2-12,24H,1H3,(H,23,25)(H,26,27)/p-1. The van der Waals surface area contributed by atoms with E-state index >= 15 is 0 Å². The van der Waals surface area contributed by atoms with Gasteiger partial charge in [0.05, 0.1) is 16.6 Å². The Morgan fingerprint density at radius 3 is 2.30 bits per heavy atom. The van der Waals surface area contributed by atoms with E-state index in [1.54, 1.807) is 37.3 Å². The molecule has 0 saturated heterocycles. The van der Waals surface area contributed by atoms with Gasteiger partial charge < -0.3 is 15.2 Å². The summed E-state index contributed by atoms with van der Waals surface area (Å²) in [5.41, 5.74) is 0.759. The molecule has 0 aliphatic heterocycles. The predicted molar refractivity (Wildman–Crippen MR) is 115 cm³/mol. The summed E-state index contributed by atoms with van der Waals surface area (Å²) < 4.78 is 29.0. The Balaban J connectivity index is 1.90. The maximum absolute atomic E-state index is 12.8. The highest BCUT2D eigenvalue weighted by Gasteiger charge is 2.20. The van der Waals surface area contributed by atoms with Crippen LogP contribution in [0.2, 0.25) is 0 Å². The fraction of sp³-hybridized carbons (Fsp3) is 0.0476. The van der Waals surface area contributed by atoms with E-state index in [0.29, 0.717) is 11.3 Å². The lowest BCUT2D eigenvalue weighted by molar-refractivity contribution is -0.254. The summed E-state index contributed by atoms with van der Waals surface area (Å²) in [5.74, 6) is -2.08. The molecule has 0 aliphatic carbocycles. The van der Waals surface area contributed by atoms with Crippen molar-refractivity contribution in [2.24, 2.45) is 0 Å². The summed E-state index contributed by atoms with van der Waals surface area (Å²) in [6.45, 7) is 1.61. The van der Waals surface area contributed by atoms with Gasteiger partial charge in [0.15, 0.2) is 0 Å². The average Bonchev–Trinajstić information content (AvgIpc) is 2.70. The van der Waals surface area contributed by atoms with Gasteiger partial charge >= 0.3 is 0 Å². The first-order valence-corrected chi connectivity index (χ1v) is 11.0. The number of carbonyl (C=O) groups is 2. The summed E-state index contributed by atoms with van der Waals surface area (Å²) in [4.78, 5) is 23.8. The molecule has 0 aliphatic rings. The van der Waals surface area contributed by atoms with E-state index in [1.165, 1.54) is 36.4 Å². The molecular weight excluding hydrogens is 472 g/mol. The molecule has 0 atom stereocenters. The Hall–Kier alpha value is -3.17. The number of carbonyl (C=O) groups excluding carboxylic acids is 2.